The molecule has 92 valence electrons. The zero-order valence-corrected chi connectivity index (χ0v) is 12.1. The van der Waals surface area contributed by atoms with E-state index in [0.29, 0.717) is 6.54 Å². The third kappa shape index (κ3) is 2.67. The zero-order chi connectivity index (χ0) is 13.1. The SMILES string of the molecule is Cc1ccc[n+](CC(=O)c2ccccc2Br)c1C. The van der Waals surface area contributed by atoms with Gasteiger partial charge in [0, 0.05) is 28.6 Å². The molecular formula is C15H15BrNO+. The summed E-state index contributed by atoms with van der Waals surface area (Å²) in [6.45, 7) is 4.45. The highest BCUT2D eigenvalue weighted by molar-refractivity contribution is 9.10. The molecule has 2 rings (SSSR count). The Morgan fingerprint density at radius 3 is 2.61 bits per heavy atom. The molecule has 1 aromatic heterocycles. The van der Waals surface area contributed by atoms with Gasteiger partial charge in [-0.2, -0.15) is 4.57 Å². The van der Waals surface area contributed by atoms with Crippen LogP contribution >= 0.6 is 15.9 Å². The Bertz CT molecular complexity index is 593. The molecule has 18 heavy (non-hydrogen) atoms. The van der Waals surface area contributed by atoms with E-state index in [1.165, 1.54) is 5.56 Å². The van der Waals surface area contributed by atoms with Crippen molar-refractivity contribution in [1.29, 1.82) is 0 Å². The van der Waals surface area contributed by atoms with Crippen LogP contribution in [-0.2, 0) is 6.54 Å². The van der Waals surface area contributed by atoms with Crippen molar-refractivity contribution in [3.8, 4) is 0 Å². The molecule has 2 aromatic rings. The first-order valence-electron chi connectivity index (χ1n) is 5.83. The Morgan fingerprint density at radius 2 is 1.89 bits per heavy atom. The fourth-order valence-corrected chi connectivity index (χ4v) is 2.35. The summed E-state index contributed by atoms with van der Waals surface area (Å²) in [5.74, 6) is 0.112. The fraction of sp³-hybridized carbons (Fsp3) is 0.200. The molecule has 0 unspecified atom stereocenters. The van der Waals surface area contributed by atoms with Crippen molar-refractivity contribution < 1.29 is 9.36 Å². The highest BCUT2D eigenvalue weighted by atomic mass is 79.9. The lowest BCUT2D eigenvalue weighted by Gasteiger charge is -2.04. The quantitative estimate of drug-likeness (QED) is 0.630. The van der Waals surface area contributed by atoms with Crippen LogP contribution in [0.15, 0.2) is 47.1 Å². The molecule has 0 aliphatic heterocycles. The van der Waals surface area contributed by atoms with Gasteiger partial charge >= 0.3 is 0 Å². The van der Waals surface area contributed by atoms with Crippen molar-refractivity contribution in [2.24, 2.45) is 0 Å². The number of carbonyl (C=O) groups excluding carboxylic acids is 1. The summed E-state index contributed by atoms with van der Waals surface area (Å²) in [5, 5.41) is 0. The maximum Gasteiger partial charge on any atom is 0.228 e. The van der Waals surface area contributed by atoms with Crippen molar-refractivity contribution in [3.63, 3.8) is 0 Å². The van der Waals surface area contributed by atoms with E-state index >= 15 is 0 Å². The highest BCUT2D eigenvalue weighted by Gasteiger charge is 2.17. The number of hydrogen-bond acceptors (Lipinski definition) is 1. The molecule has 0 N–H and O–H groups in total. The summed E-state index contributed by atoms with van der Waals surface area (Å²) in [6, 6.07) is 11.5. The average molecular weight is 305 g/mol. The second kappa shape index (κ2) is 5.44. The number of nitrogens with zero attached hydrogens (tertiary/aromatic N) is 1. The summed E-state index contributed by atoms with van der Waals surface area (Å²) in [6.07, 6.45) is 1.94. The van der Waals surface area contributed by atoms with Crippen LogP contribution in [0.25, 0.3) is 0 Å². The molecule has 0 aliphatic carbocycles. The Labute approximate surface area is 115 Å². The van der Waals surface area contributed by atoms with E-state index < -0.39 is 0 Å². The van der Waals surface area contributed by atoms with E-state index in [1.54, 1.807) is 0 Å². The predicted octanol–water partition coefficient (Wildman–Crippen LogP) is 3.24. The molecule has 0 atom stereocenters. The van der Waals surface area contributed by atoms with Crippen LogP contribution in [0.4, 0.5) is 0 Å². The molecule has 1 aromatic carbocycles. The Hall–Kier alpha value is -1.48. The van der Waals surface area contributed by atoms with Gasteiger partial charge in [0.25, 0.3) is 0 Å². The molecule has 0 bridgehead atoms. The molecule has 0 fully saturated rings. The lowest BCUT2D eigenvalue weighted by molar-refractivity contribution is -0.689. The van der Waals surface area contributed by atoms with E-state index in [2.05, 4.69) is 28.9 Å². The molecule has 0 spiro atoms. The normalized spacial score (nSPS) is 10.4. The Balaban J connectivity index is 2.27. The van der Waals surface area contributed by atoms with Gasteiger partial charge in [0.2, 0.25) is 12.3 Å². The summed E-state index contributed by atoms with van der Waals surface area (Å²) in [4.78, 5) is 12.2. The van der Waals surface area contributed by atoms with Gasteiger partial charge in [-0.1, -0.05) is 34.1 Å². The summed E-state index contributed by atoms with van der Waals surface area (Å²) >= 11 is 3.41. The zero-order valence-electron chi connectivity index (χ0n) is 10.5. The Morgan fingerprint density at radius 1 is 1.17 bits per heavy atom. The number of ketones is 1. The number of halogens is 1. The van der Waals surface area contributed by atoms with E-state index in [0.717, 1.165) is 15.7 Å². The van der Waals surface area contributed by atoms with E-state index in [4.69, 9.17) is 0 Å². The van der Waals surface area contributed by atoms with Gasteiger partial charge in [-0.05, 0) is 19.1 Å². The molecular weight excluding hydrogens is 290 g/mol. The maximum absolute atomic E-state index is 12.2. The van der Waals surface area contributed by atoms with Gasteiger partial charge < -0.3 is 0 Å². The minimum atomic E-state index is 0.112. The molecule has 0 saturated carbocycles. The van der Waals surface area contributed by atoms with Crippen LogP contribution in [0.1, 0.15) is 21.6 Å². The third-order valence-electron chi connectivity index (χ3n) is 3.10. The van der Waals surface area contributed by atoms with Crippen LogP contribution < -0.4 is 4.57 Å². The first kappa shape index (κ1) is 13.0. The first-order valence-corrected chi connectivity index (χ1v) is 6.62. The largest absolute Gasteiger partial charge is 0.287 e. The second-order valence-corrected chi connectivity index (χ2v) is 5.16. The van der Waals surface area contributed by atoms with Gasteiger partial charge in [-0.3, -0.25) is 4.79 Å². The van der Waals surface area contributed by atoms with Crippen LogP contribution in [0, 0.1) is 13.8 Å². The van der Waals surface area contributed by atoms with Gasteiger partial charge in [-0.15, -0.1) is 0 Å². The van der Waals surface area contributed by atoms with Gasteiger partial charge in [0.15, 0.2) is 11.9 Å². The molecule has 1 heterocycles. The van der Waals surface area contributed by atoms with Crippen LogP contribution in [0.2, 0.25) is 0 Å². The first-order chi connectivity index (χ1) is 8.59. The predicted molar refractivity (Wildman–Crippen MR) is 74.6 cm³/mol. The van der Waals surface area contributed by atoms with Gasteiger partial charge in [-0.25, -0.2) is 0 Å². The van der Waals surface area contributed by atoms with Crippen molar-refractivity contribution in [2.45, 2.75) is 20.4 Å². The summed E-state index contributed by atoms with van der Waals surface area (Å²) in [5.41, 5.74) is 3.04. The number of benzene rings is 1. The molecule has 0 saturated heterocycles. The number of aryl methyl sites for hydroxylation is 1. The van der Waals surface area contributed by atoms with Crippen LogP contribution in [-0.4, -0.2) is 5.78 Å². The number of carbonyl (C=O) groups is 1. The van der Waals surface area contributed by atoms with Gasteiger partial charge in [0.1, 0.15) is 0 Å². The highest BCUT2D eigenvalue weighted by Crippen LogP contribution is 2.16. The molecule has 0 radical (unpaired) electrons. The molecule has 0 amide bonds. The average Bonchev–Trinajstić information content (AvgIpc) is 2.35. The van der Waals surface area contributed by atoms with E-state index in [1.807, 2.05) is 48.0 Å². The number of aromatic nitrogens is 1. The third-order valence-corrected chi connectivity index (χ3v) is 3.79. The van der Waals surface area contributed by atoms with Gasteiger partial charge in [0.05, 0.1) is 0 Å². The fourth-order valence-electron chi connectivity index (χ4n) is 1.85. The van der Waals surface area contributed by atoms with E-state index in [9.17, 15) is 4.79 Å². The molecule has 0 aliphatic rings. The molecule has 2 nitrogen and oxygen atoms in total. The summed E-state index contributed by atoms with van der Waals surface area (Å²) in [7, 11) is 0. The van der Waals surface area contributed by atoms with Crippen molar-refractivity contribution >= 4 is 21.7 Å². The van der Waals surface area contributed by atoms with Crippen LogP contribution in [0.5, 0.6) is 0 Å². The molecule has 3 heteroatoms. The number of pyridine rings is 1. The van der Waals surface area contributed by atoms with Crippen molar-refractivity contribution in [2.75, 3.05) is 0 Å². The van der Waals surface area contributed by atoms with Crippen molar-refractivity contribution in [1.82, 2.24) is 0 Å². The lowest BCUT2D eigenvalue weighted by atomic mass is 10.1. The van der Waals surface area contributed by atoms with Crippen molar-refractivity contribution in [3.05, 3.63) is 63.9 Å². The minimum Gasteiger partial charge on any atom is -0.287 e. The monoisotopic (exact) mass is 304 g/mol. The van der Waals surface area contributed by atoms with Crippen LogP contribution in [0.3, 0.4) is 0 Å². The second-order valence-electron chi connectivity index (χ2n) is 4.31. The Kier molecular flexibility index (Phi) is 3.92. The topological polar surface area (TPSA) is 20.9 Å². The number of hydrogen-bond donors (Lipinski definition) is 0. The number of Topliss-reactive ketones (excluding diaryl/α,β-unsaturated/α-hetero) is 1. The minimum absolute atomic E-state index is 0.112. The van der Waals surface area contributed by atoms with E-state index in [-0.39, 0.29) is 5.78 Å². The lowest BCUT2D eigenvalue weighted by Crippen LogP contribution is -2.41. The smallest absolute Gasteiger partial charge is 0.228 e. The summed E-state index contributed by atoms with van der Waals surface area (Å²) < 4.78 is 2.83. The number of rotatable bonds is 3. The standard InChI is InChI=1S/C15H15BrNO/c1-11-6-5-9-17(12(11)2)10-15(18)13-7-3-4-8-14(13)16/h3-9H,10H2,1-2H3/q+1. The maximum atomic E-state index is 12.2.